The number of nitrogens with one attached hydrogen (secondary N) is 2. The molecular formula is C13H15FN4. The van der Waals surface area contributed by atoms with Gasteiger partial charge in [0.05, 0.1) is 29.8 Å². The third-order valence-corrected chi connectivity index (χ3v) is 3.24. The number of hydrogen-bond donors (Lipinski definition) is 2. The van der Waals surface area contributed by atoms with E-state index in [2.05, 4.69) is 20.3 Å². The van der Waals surface area contributed by atoms with Crippen LogP contribution in [0.1, 0.15) is 31.1 Å². The first-order chi connectivity index (χ1) is 8.83. The number of aromatic amines is 1. The molecule has 2 aromatic rings. The lowest BCUT2D eigenvalue weighted by atomic mass is 10.0. The van der Waals surface area contributed by atoms with Gasteiger partial charge in [-0.3, -0.25) is 4.98 Å². The van der Waals surface area contributed by atoms with Crippen LogP contribution in [0.25, 0.3) is 11.4 Å². The third-order valence-electron chi connectivity index (χ3n) is 3.24. The summed E-state index contributed by atoms with van der Waals surface area (Å²) in [5.74, 6) is 0.614. The molecule has 1 atom stereocenters. The molecule has 1 aliphatic heterocycles. The number of aromatic nitrogens is 3. The van der Waals surface area contributed by atoms with Crippen molar-refractivity contribution in [2.45, 2.75) is 25.3 Å². The minimum atomic E-state index is -0.326. The first-order valence-electron chi connectivity index (χ1n) is 6.23. The second-order valence-corrected chi connectivity index (χ2v) is 4.55. The van der Waals surface area contributed by atoms with E-state index in [1.165, 1.54) is 25.1 Å². The van der Waals surface area contributed by atoms with Crippen molar-refractivity contribution < 1.29 is 4.39 Å². The Kier molecular flexibility index (Phi) is 3.06. The maximum Gasteiger partial charge on any atom is 0.141 e. The summed E-state index contributed by atoms with van der Waals surface area (Å²) < 4.78 is 12.8. The molecule has 18 heavy (non-hydrogen) atoms. The summed E-state index contributed by atoms with van der Waals surface area (Å²) in [6, 6.07) is 3.36. The van der Waals surface area contributed by atoms with Crippen molar-refractivity contribution >= 4 is 0 Å². The molecule has 0 radical (unpaired) electrons. The van der Waals surface area contributed by atoms with Crippen molar-refractivity contribution in [3.8, 4) is 11.4 Å². The molecule has 1 saturated heterocycles. The lowest BCUT2D eigenvalue weighted by molar-refractivity contribution is 0.399. The van der Waals surface area contributed by atoms with Crippen LogP contribution in [0, 0.1) is 5.82 Å². The molecule has 0 amide bonds. The number of imidazole rings is 1. The van der Waals surface area contributed by atoms with E-state index in [0.29, 0.717) is 11.7 Å². The van der Waals surface area contributed by atoms with E-state index in [-0.39, 0.29) is 5.82 Å². The van der Waals surface area contributed by atoms with Crippen LogP contribution in [-0.4, -0.2) is 21.5 Å². The predicted molar refractivity (Wildman–Crippen MR) is 66.4 cm³/mol. The fourth-order valence-electron chi connectivity index (χ4n) is 2.26. The van der Waals surface area contributed by atoms with E-state index in [4.69, 9.17) is 0 Å². The molecule has 0 aromatic carbocycles. The molecule has 0 saturated carbocycles. The molecule has 0 spiro atoms. The molecule has 94 valence electrons. The van der Waals surface area contributed by atoms with Crippen LogP contribution in [0.15, 0.2) is 24.5 Å². The zero-order valence-corrected chi connectivity index (χ0v) is 9.99. The van der Waals surface area contributed by atoms with Gasteiger partial charge in [-0.05, 0) is 31.5 Å². The van der Waals surface area contributed by atoms with Gasteiger partial charge in [0.15, 0.2) is 0 Å². The van der Waals surface area contributed by atoms with Gasteiger partial charge in [0, 0.05) is 0 Å². The molecule has 1 aliphatic rings. The van der Waals surface area contributed by atoms with Gasteiger partial charge in [0.25, 0.3) is 0 Å². The molecule has 2 N–H and O–H groups in total. The fourth-order valence-corrected chi connectivity index (χ4v) is 2.26. The molecule has 2 aromatic heterocycles. The number of hydrogen-bond acceptors (Lipinski definition) is 3. The Balaban J connectivity index is 1.82. The fraction of sp³-hybridized carbons (Fsp3) is 0.385. The van der Waals surface area contributed by atoms with Crippen LogP contribution in [0.3, 0.4) is 0 Å². The standard InChI is InChI=1S/C13H15FN4/c14-9-4-5-10(16-7-9)12-8-17-13(18-12)11-3-1-2-6-15-11/h4-5,7-8,11,15H,1-3,6H2,(H,17,18). The highest BCUT2D eigenvalue weighted by Crippen LogP contribution is 2.23. The monoisotopic (exact) mass is 246 g/mol. The van der Waals surface area contributed by atoms with Crippen molar-refractivity contribution in [3.63, 3.8) is 0 Å². The van der Waals surface area contributed by atoms with E-state index in [0.717, 1.165) is 24.5 Å². The predicted octanol–water partition coefficient (Wildman–Crippen LogP) is 2.43. The Morgan fingerprint density at radius 3 is 2.83 bits per heavy atom. The molecular weight excluding hydrogens is 231 g/mol. The normalized spacial score (nSPS) is 19.9. The molecule has 0 aliphatic carbocycles. The van der Waals surface area contributed by atoms with Gasteiger partial charge in [-0.2, -0.15) is 0 Å². The smallest absolute Gasteiger partial charge is 0.141 e. The second-order valence-electron chi connectivity index (χ2n) is 4.55. The maximum absolute atomic E-state index is 12.8. The lowest BCUT2D eigenvalue weighted by Crippen LogP contribution is -2.27. The molecule has 3 rings (SSSR count). The first-order valence-corrected chi connectivity index (χ1v) is 6.23. The molecule has 4 nitrogen and oxygen atoms in total. The summed E-state index contributed by atoms with van der Waals surface area (Å²) in [6.45, 7) is 1.04. The Bertz CT molecular complexity index is 514. The Hall–Kier alpha value is -1.75. The molecule has 1 fully saturated rings. The average molecular weight is 246 g/mol. The Morgan fingerprint density at radius 1 is 1.17 bits per heavy atom. The summed E-state index contributed by atoms with van der Waals surface area (Å²) >= 11 is 0. The van der Waals surface area contributed by atoms with Gasteiger partial charge in [-0.15, -0.1) is 0 Å². The third kappa shape index (κ3) is 2.26. The van der Waals surface area contributed by atoms with Crippen LogP contribution >= 0.6 is 0 Å². The van der Waals surface area contributed by atoms with Crippen LogP contribution < -0.4 is 5.32 Å². The molecule has 5 heteroatoms. The number of H-pyrrole nitrogens is 1. The summed E-state index contributed by atoms with van der Waals surface area (Å²) in [7, 11) is 0. The Labute approximate surface area is 105 Å². The highest BCUT2D eigenvalue weighted by atomic mass is 19.1. The van der Waals surface area contributed by atoms with E-state index in [1.54, 1.807) is 12.3 Å². The van der Waals surface area contributed by atoms with Crippen molar-refractivity contribution in [2.24, 2.45) is 0 Å². The van der Waals surface area contributed by atoms with E-state index in [9.17, 15) is 4.39 Å². The molecule has 0 bridgehead atoms. The zero-order chi connectivity index (χ0) is 12.4. The van der Waals surface area contributed by atoms with Crippen LogP contribution in [-0.2, 0) is 0 Å². The minimum absolute atomic E-state index is 0.299. The highest BCUT2D eigenvalue weighted by molar-refractivity contribution is 5.52. The zero-order valence-electron chi connectivity index (χ0n) is 9.99. The second kappa shape index (κ2) is 4.86. The van der Waals surface area contributed by atoms with Crippen LogP contribution in [0.4, 0.5) is 4.39 Å². The van der Waals surface area contributed by atoms with Crippen molar-refractivity contribution in [2.75, 3.05) is 6.54 Å². The summed E-state index contributed by atoms with van der Waals surface area (Å²) in [5.41, 5.74) is 1.54. The van der Waals surface area contributed by atoms with Gasteiger partial charge in [-0.1, -0.05) is 6.42 Å². The van der Waals surface area contributed by atoms with Gasteiger partial charge in [-0.25, -0.2) is 9.37 Å². The quantitative estimate of drug-likeness (QED) is 0.855. The van der Waals surface area contributed by atoms with Crippen molar-refractivity contribution in [1.29, 1.82) is 0 Å². The van der Waals surface area contributed by atoms with Crippen molar-refractivity contribution in [1.82, 2.24) is 20.3 Å². The number of halogens is 1. The number of piperidine rings is 1. The summed E-state index contributed by atoms with van der Waals surface area (Å²) in [4.78, 5) is 11.7. The maximum atomic E-state index is 12.8. The average Bonchev–Trinajstić information content (AvgIpc) is 2.90. The minimum Gasteiger partial charge on any atom is -0.339 e. The summed E-state index contributed by atoms with van der Waals surface area (Å²) in [5, 5.41) is 3.44. The summed E-state index contributed by atoms with van der Waals surface area (Å²) in [6.07, 6.45) is 6.52. The Morgan fingerprint density at radius 2 is 2.11 bits per heavy atom. The number of pyridine rings is 1. The van der Waals surface area contributed by atoms with Crippen LogP contribution in [0.2, 0.25) is 0 Å². The van der Waals surface area contributed by atoms with Gasteiger partial charge >= 0.3 is 0 Å². The van der Waals surface area contributed by atoms with Gasteiger partial charge in [0.1, 0.15) is 11.6 Å². The molecule has 1 unspecified atom stereocenters. The highest BCUT2D eigenvalue weighted by Gasteiger charge is 2.17. The van der Waals surface area contributed by atoms with E-state index in [1.807, 2.05) is 0 Å². The van der Waals surface area contributed by atoms with Crippen LogP contribution in [0.5, 0.6) is 0 Å². The number of nitrogens with zero attached hydrogens (tertiary/aromatic N) is 2. The van der Waals surface area contributed by atoms with Gasteiger partial charge < -0.3 is 10.3 Å². The SMILES string of the molecule is Fc1ccc(-c2cnc(C3CCCCN3)[nH]2)nc1. The topological polar surface area (TPSA) is 53.6 Å². The van der Waals surface area contributed by atoms with E-state index >= 15 is 0 Å². The number of rotatable bonds is 2. The van der Waals surface area contributed by atoms with Crippen molar-refractivity contribution in [3.05, 3.63) is 36.2 Å². The van der Waals surface area contributed by atoms with E-state index < -0.39 is 0 Å². The largest absolute Gasteiger partial charge is 0.339 e. The van der Waals surface area contributed by atoms with Gasteiger partial charge in [0.2, 0.25) is 0 Å². The molecule has 3 heterocycles. The first kappa shape index (κ1) is 11.3. The lowest BCUT2D eigenvalue weighted by Gasteiger charge is -2.21.